The molecular weight excluding hydrogens is 574 g/mol. The highest BCUT2D eigenvalue weighted by atomic mass is 16.2. The lowest BCUT2D eigenvalue weighted by Gasteiger charge is -2.40. The number of carbonyl (C=O) groups is 3. The van der Waals surface area contributed by atoms with Crippen molar-refractivity contribution >= 4 is 17.7 Å². The summed E-state index contributed by atoms with van der Waals surface area (Å²) in [6.07, 6.45) is 1.93. The maximum Gasteiger partial charge on any atom is 0.249 e. The van der Waals surface area contributed by atoms with Gasteiger partial charge in [-0.05, 0) is 36.4 Å². The van der Waals surface area contributed by atoms with Crippen LogP contribution in [0.3, 0.4) is 0 Å². The standard InChI is InChI=1S/C38H57N5O3/c1-27(2)31(25-28(3)35(45)43-23-21-42(22-24-43)26-29-17-13-11-14-18-29)41(10)36(46)33(37(4,5)6)40-34(44)32(39-9)38(7,8)30-19-15-12-16-20-30/h11-20,25,27,31-33,39H,21-24,26H2,1-10H3,(H,40,44)/b28-25+/t31-,32+,33-/m0/s1. The van der Waals surface area contributed by atoms with Crippen LogP contribution in [0.5, 0.6) is 0 Å². The fraction of sp³-hybridized carbons (Fsp3) is 0.553. The third kappa shape index (κ3) is 9.29. The van der Waals surface area contributed by atoms with Crippen molar-refractivity contribution in [2.45, 2.75) is 85.5 Å². The Kier molecular flexibility index (Phi) is 12.8. The third-order valence-corrected chi connectivity index (χ3v) is 9.33. The Hall–Kier alpha value is -3.49. The number of nitrogens with zero attached hydrogens (tertiary/aromatic N) is 3. The fourth-order valence-electron chi connectivity index (χ4n) is 6.36. The Balaban J connectivity index is 1.73. The molecule has 0 unspecified atom stereocenters. The Morgan fingerprint density at radius 2 is 1.41 bits per heavy atom. The topological polar surface area (TPSA) is 85.0 Å². The first-order valence-electron chi connectivity index (χ1n) is 16.6. The maximum absolute atomic E-state index is 14.2. The van der Waals surface area contributed by atoms with E-state index in [1.165, 1.54) is 5.56 Å². The molecule has 1 fully saturated rings. The molecule has 0 saturated carbocycles. The normalized spacial score (nSPS) is 16.9. The number of likely N-dealkylation sites (N-methyl/N-ethyl adjacent to an activating group) is 2. The monoisotopic (exact) mass is 631 g/mol. The van der Waals surface area contributed by atoms with E-state index >= 15 is 0 Å². The van der Waals surface area contributed by atoms with Crippen molar-refractivity contribution in [1.82, 2.24) is 25.3 Å². The van der Waals surface area contributed by atoms with E-state index in [9.17, 15) is 14.4 Å². The predicted octanol–water partition coefficient (Wildman–Crippen LogP) is 4.86. The highest BCUT2D eigenvalue weighted by Crippen LogP contribution is 2.29. The summed E-state index contributed by atoms with van der Waals surface area (Å²) in [7, 11) is 3.55. The Morgan fingerprint density at radius 1 is 0.870 bits per heavy atom. The van der Waals surface area contributed by atoms with E-state index in [2.05, 4.69) is 53.6 Å². The van der Waals surface area contributed by atoms with Crippen molar-refractivity contribution in [3.63, 3.8) is 0 Å². The first-order valence-corrected chi connectivity index (χ1v) is 16.6. The number of hydrogen-bond donors (Lipinski definition) is 2. The van der Waals surface area contributed by atoms with Gasteiger partial charge in [0.05, 0.1) is 12.1 Å². The van der Waals surface area contributed by atoms with Gasteiger partial charge in [0.1, 0.15) is 6.04 Å². The minimum atomic E-state index is -0.768. The molecule has 1 aliphatic heterocycles. The van der Waals surface area contributed by atoms with Gasteiger partial charge in [0, 0.05) is 50.8 Å². The molecular formula is C38H57N5O3. The average molecular weight is 632 g/mol. The van der Waals surface area contributed by atoms with E-state index < -0.39 is 22.9 Å². The van der Waals surface area contributed by atoms with Crippen LogP contribution in [0.2, 0.25) is 0 Å². The number of rotatable bonds is 12. The molecule has 1 saturated heterocycles. The molecule has 0 radical (unpaired) electrons. The van der Waals surface area contributed by atoms with Gasteiger partial charge in [-0.2, -0.15) is 0 Å². The second-order valence-corrected chi connectivity index (χ2v) is 14.7. The lowest BCUT2D eigenvalue weighted by molar-refractivity contribution is -0.141. The molecule has 2 aromatic rings. The van der Waals surface area contributed by atoms with Gasteiger partial charge in [0.15, 0.2) is 0 Å². The molecule has 2 aromatic carbocycles. The van der Waals surface area contributed by atoms with Gasteiger partial charge in [-0.15, -0.1) is 0 Å². The van der Waals surface area contributed by atoms with E-state index in [1.54, 1.807) is 19.0 Å². The summed E-state index contributed by atoms with van der Waals surface area (Å²) in [4.78, 5) is 47.6. The number of benzene rings is 2. The van der Waals surface area contributed by atoms with Gasteiger partial charge in [0.2, 0.25) is 17.7 Å². The zero-order valence-electron chi connectivity index (χ0n) is 29.8. The van der Waals surface area contributed by atoms with E-state index in [4.69, 9.17) is 0 Å². The quantitative estimate of drug-likeness (QED) is 0.327. The van der Waals surface area contributed by atoms with Gasteiger partial charge >= 0.3 is 0 Å². The molecule has 3 rings (SSSR count). The number of piperazine rings is 1. The summed E-state index contributed by atoms with van der Waals surface area (Å²) in [6.45, 7) is 19.8. The maximum atomic E-state index is 14.2. The SMILES string of the molecule is CN[C@H](C(=O)N[C@@H](C(=O)N(C)[C@@H](/C=C(\C)C(=O)N1CCN(Cc2ccccc2)CC1)C(C)C)C(C)(C)C)C(C)(C)c1ccccc1. The lowest BCUT2D eigenvalue weighted by Crippen LogP contribution is -2.61. The van der Waals surface area contributed by atoms with E-state index in [-0.39, 0.29) is 29.7 Å². The van der Waals surface area contributed by atoms with E-state index in [1.807, 2.05) is 88.9 Å². The number of carbonyl (C=O) groups excluding carboxylic acids is 3. The van der Waals surface area contributed by atoms with Crippen molar-refractivity contribution in [2.75, 3.05) is 40.3 Å². The second kappa shape index (κ2) is 15.9. The van der Waals surface area contributed by atoms with Crippen molar-refractivity contribution in [2.24, 2.45) is 11.3 Å². The summed E-state index contributed by atoms with van der Waals surface area (Å²) < 4.78 is 0. The molecule has 3 atom stereocenters. The Labute approximate surface area is 277 Å². The number of amides is 3. The smallest absolute Gasteiger partial charge is 0.249 e. The minimum Gasteiger partial charge on any atom is -0.342 e. The van der Waals surface area contributed by atoms with Crippen LogP contribution in [0.1, 0.15) is 66.5 Å². The number of nitrogens with one attached hydrogen (secondary N) is 2. The molecule has 1 aliphatic rings. The van der Waals surface area contributed by atoms with Crippen LogP contribution in [-0.4, -0.2) is 90.8 Å². The molecule has 8 nitrogen and oxygen atoms in total. The van der Waals surface area contributed by atoms with Gasteiger partial charge < -0.3 is 20.4 Å². The summed E-state index contributed by atoms with van der Waals surface area (Å²) >= 11 is 0. The molecule has 0 spiro atoms. The van der Waals surface area contributed by atoms with Gasteiger partial charge in [0.25, 0.3) is 0 Å². The van der Waals surface area contributed by atoms with Crippen LogP contribution in [-0.2, 0) is 26.3 Å². The zero-order valence-corrected chi connectivity index (χ0v) is 29.8. The molecule has 46 heavy (non-hydrogen) atoms. The first-order chi connectivity index (χ1) is 21.6. The molecule has 0 aromatic heterocycles. The van der Waals surface area contributed by atoms with E-state index in [0.717, 1.165) is 25.2 Å². The highest BCUT2D eigenvalue weighted by molar-refractivity contribution is 5.94. The van der Waals surface area contributed by atoms with Crippen LogP contribution in [0, 0.1) is 11.3 Å². The Morgan fingerprint density at radius 3 is 1.91 bits per heavy atom. The summed E-state index contributed by atoms with van der Waals surface area (Å²) in [5.74, 6) is -0.352. The number of hydrogen-bond acceptors (Lipinski definition) is 5. The van der Waals surface area contributed by atoms with Crippen LogP contribution in [0.25, 0.3) is 0 Å². The van der Waals surface area contributed by atoms with Crippen LogP contribution >= 0.6 is 0 Å². The van der Waals surface area contributed by atoms with Crippen molar-refractivity contribution in [3.05, 3.63) is 83.4 Å². The minimum absolute atomic E-state index is 0.00606. The fourth-order valence-corrected chi connectivity index (χ4v) is 6.36. The molecule has 2 N–H and O–H groups in total. The highest BCUT2D eigenvalue weighted by Gasteiger charge is 2.41. The molecule has 0 bridgehead atoms. The van der Waals surface area contributed by atoms with Gasteiger partial charge in [-0.3, -0.25) is 19.3 Å². The predicted molar refractivity (Wildman–Crippen MR) is 187 cm³/mol. The average Bonchev–Trinajstić information content (AvgIpc) is 3.02. The van der Waals surface area contributed by atoms with Crippen molar-refractivity contribution < 1.29 is 14.4 Å². The third-order valence-electron chi connectivity index (χ3n) is 9.33. The largest absolute Gasteiger partial charge is 0.342 e. The van der Waals surface area contributed by atoms with Gasteiger partial charge in [-0.25, -0.2) is 0 Å². The van der Waals surface area contributed by atoms with Crippen LogP contribution < -0.4 is 10.6 Å². The van der Waals surface area contributed by atoms with Crippen molar-refractivity contribution in [1.29, 1.82) is 0 Å². The van der Waals surface area contributed by atoms with Crippen LogP contribution in [0.4, 0.5) is 0 Å². The molecule has 1 heterocycles. The summed E-state index contributed by atoms with van der Waals surface area (Å²) in [6, 6.07) is 18.7. The second-order valence-electron chi connectivity index (χ2n) is 14.7. The van der Waals surface area contributed by atoms with Crippen molar-refractivity contribution in [3.8, 4) is 0 Å². The summed E-state index contributed by atoms with van der Waals surface area (Å²) in [5, 5.41) is 6.31. The first kappa shape index (κ1) is 37.0. The molecule has 0 aliphatic carbocycles. The van der Waals surface area contributed by atoms with Gasteiger partial charge in [-0.1, -0.05) is 115 Å². The molecule has 3 amide bonds. The van der Waals surface area contributed by atoms with E-state index in [0.29, 0.717) is 18.7 Å². The lowest BCUT2D eigenvalue weighted by atomic mass is 9.76. The summed E-state index contributed by atoms with van der Waals surface area (Å²) in [5.41, 5.74) is 1.86. The molecule has 252 valence electrons. The zero-order chi connectivity index (χ0) is 34.2. The Bertz CT molecular complexity index is 1330. The van der Waals surface area contributed by atoms with Crippen LogP contribution in [0.15, 0.2) is 72.3 Å². The molecule has 8 heteroatoms.